The minimum absolute atomic E-state index is 0.0150. The summed E-state index contributed by atoms with van der Waals surface area (Å²) in [6, 6.07) is 17.7. The quantitative estimate of drug-likeness (QED) is 0.657. The van der Waals surface area contributed by atoms with E-state index in [2.05, 4.69) is 17.2 Å². The molecule has 26 heavy (non-hydrogen) atoms. The van der Waals surface area contributed by atoms with Gasteiger partial charge in [-0.15, -0.1) is 0 Å². The number of carbonyl (C=O) groups is 1. The van der Waals surface area contributed by atoms with Crippen LogP contribution in [-0.2, 0) is 24.4 Å². The Bertz CT molecular complexity index is 858. The van der Waals surface area contributed by atoms with Gasteiger partial charge in [-0.1, -0.05) is 42.5 Å². The molecule has 2 aromatic carbocycles. The minimum Gasteiger partial charge on any atom is -0.380 e. The summed E-state index contributed by atoms with van der Waals surface area (Å²) in [7, 11) is 3.45. The molecule has 134 valence electrons. The summed E-state index contributed by atoms with van der Waals surface area (Å²) in [5.74, 6) is -0.0150. The molecule has 3 rings (SSSR count). The average Bonchev–Trinajstić information content (AvgIpc) is 3.09. The van der Waals surface area contributed by atoms with Gasteiger partial charge < -0.3 is 9.64 Å². The molecule has 3 aromatic rings. The van der Waals surface area contributed by atoms with Crippen LogP contribution in [0.5, 0.6) is 0 Å². The Labute approximate surface area is 153 Å². The smallest absolute Gasteiger partial charge is 0.253 e. The van der Waals surface area contributed by atoms with Crippen molar-refractivity contribution in [1.82, 2.24) is 14.7 Å². The Kier molecular flexibility index (Phi) is 5.81. The molecule has 1 amide bonds. The van der Waals surface area contributed by atoms with Gasteiger partial charge >= 0.3 is 0 Å². The van der Waals surface area contributed by atoms with Crippen molar-refractivity contribution < 1.29 is 9.53 Å². The van der Waals surface area contributed by atoms with Gasteiger partial charge in [0.15, 0.2) is 0 Å². The molecule has 0 aliphatic heterocycles. The maximum Gasteiger partial charge on any atom is 0.253 e. The number of benzene rings is 2. The van der Waals surface area contributed by atoms with E-state index < -0.39 is 0 Å². The second kappa shape index (κ2) is 8.45. The van der Waals surface area contributed by atoms with Gasteiger partial charge in [-0.3, -0.25) is 9.48 Å². The van der Waals surface area contributed by atoms with E-state index in [0.717, 1.165) is 17.7 Å². The number of rotatable bonds is 7. The largest absolute Gasteiger partial charge is 0.380 e. The van der Waals surface area contributed by atoms with E-state index in [9.17, 15) is 4.79 Å². The normalized spacial score (nSPS) is 10.7. The van der Waals surface area contributed by atoms with Crippen molar-refractivity contribution in [3.05, 3.63) is 89.2 Å². The molecule has 0 aliphatic carbocycles. The summed E-state index contributed by atoms with van der Waals surface area (Å²) in [6.07, 6.45) is 3.80. The van der Waals surface area contributed by atoms with Crippen LogP contribution in [0.2, 0.25) is 0 Å². The number of methoxy groups -OCH3 is 1. The minimum atomic E-state index is -0.0150. The Morgan fingerprint density at radius 1 is 1.08 bits per heavy atom. The molecule has 0 spiro atoms. The summed E-state index contributed by atoms with van der Waals surface area (Å²) in [5.41, 5.74) is 3.85. The zero-order valence-corrected chi connectivity index (χ0v) is 15.1. The number of amides is 1. The molecule has 0 bridgehead atoms. The third-order valence-corrected chi connectivity index (χ3v) is 4.13. The molecule has 0 fully saturated rings. The van der Waals surface area contributed by atoms with Crippen LogP contribution in [0.1, 0.15) is 27.0 Å². The van der Waals surface area contributed by atoms with E-state index in [1.807, 2.05) is 59.5 Å². The SMILES string of the molecule is COCc1cccc(C(=O)N(C)Cc2cnn(Cc3ccccc3)c2)c1. The highest BCUT2D eigenvalue weighted by atomic mass is 16.5. The first-order valence-corrected chi connectivity index (χ1v) is 8.54. The first kappa shape index (κ1) is 17.9. The molecule has 1 heterocycles. The standard InChI is InChI=1S/C21H23N3O2/c1-23(21(25)20-10-6-9-18(11-20)16-26-2)13-19-12-22-24(15-19)14-17-7-4-3-5-8-17/h3-12,15H,13-14,16H2,1-2H3. The molecule has 0 saturated heterocycles. The lowest BCUT2D eigenvalue weighted by Gasteiger charge is -2.16. The number of nitrogens with zero attached hydrogens (tertiary/aromatic N) is 3. The van der Waals surface area contributed by atoms with Crippen LogP contribution in [0.3, 0.4) is 0 Å². The van der Waals surface area contributed by atoms with Crippen LogP contribution < -0.4 is 0 Å². The molecular formula is C21H23N3O2. The third-order valence-electron chi connectivity index (χ3n) is 4.13. The molecule has 0 aliphatic rings. The van der Waals surface area contributed by atoms with Gasteiger partial charge in [0.05, 0.1) is 19.3 Å². The van der Waals surface area contributed by atoms with Crippen molar-refractivity contribution in [3.8, 4) is 0 Å². The fourth-order valence-electron chi connectivity index (χ4n) is 2.87. The van der Waals surface area contributed by atoms with Crippen molar-refractivity contribution in [2.45, 2.75) is 19.7 Å². The van der Waals surface area contributed by atoms with Gasteiger partial charge in [-0.2, -0.15) is 5.10 Å². The molecule has 1 aromatic heterocycles. The van der Waals surface area contributed by atoms with Gasteiger partial charge in [0.25, 0.3) is 5.91 Å². The number of hydrogen-bond acceptors (Lipinski definition) is 3. The molecule has 0 saturated carbocycles. The Hall–Kier alpha value is -2.92. The maximum atomic E-state index is 12.7. The second-order valence-electron chi connectivity index (χ2n) is 6.33. The number of hydrogen-bond donors (Lipinski definition) is 0. The van der Waals surface area contributed by atoms with Crippen LogP contribution in [-0.4, -0.2) is 34.7 Å². The number of carbonyl (C=O) groups excluding carboxylic acids is 1. The summed E-state index contributed by atoms with van der Waals surface area (Å²) >= 11 is 0. The summed E-state index contributed by atoms with van der Waals surface area (Å²) in [4.78, 5) is 14.4. The van der Waals surface area contributed by atoms with E-state index in [-0.39, 0.29) is 5.91 Å². The molecule has 0 radical (unpaired) electrons. The van der Waals surface area contributed by atoms with E-state index in [4.69, 9.17) is 4.74 Å². The molecular weight excluding hydrogens is 326 g/mol. The molecule has 0 unspecified atom stereocenters. The molecule has 0 N–H and O–H groups in total. The van der Waals surface area contributed by atoms with E-state index in [1.165, 1.54) is 5.56 Å². The van der Waals surface area contributed by atoms with Crippen molar-refractivity contribution >= 4 is 5.91 Å². The van der Waals surface area contributed by atoms with Crippen LogP contribution in [0.25, 0.3) is 0 Å². The van der Waals surface area contributed by atoms with Crippen molar-refractivity contribution in [2.24, 2.45) is 0 Å². The van der Waals surface area contributed by atoms with Gasteiger partial charge in [-0.05, 0) is 23.3 Å². The summed E-state index contributed by atoms with van der Waals surface area (Å²) in [5, 5.41) is 4.40. The third kappa shape index (κ3) is 4.58. The predicted octanol–water partition coefficient (Wildman–Crippen LogP) is 3.35. The van der Waals surface area contributed by atoms with Crippen molar-refractivity contribution in [2.75, 3.05) is 14.2 Å². The van der Waals surface area contributed by atoms with Crippen LogP contribution in [0, 0.1) is 0 Å². The van der Waals surface area contributed by atoms with Gasteiger partial charge in [0.1, 0.15) is 0 Å². The number of aromatic nitrogens is 2. The summed E-state index contributed by atoms with van der Waals surface area (Å²) < 4.78 is 7.03. The zero-order chi connectivity index (χ0) is 18.4. The number of ether oxygens (including phenoxy) is 1. The Balaban J connectivity index is 1.63. The fraction of sp³-hybridized carbons (Fsp3) is 0.238. The van der Waals surface area contributed by atoms with Crippen molar-refractivity contribution in [1.29, 1.82) is 0 Å². The van der Waals surface area contributed by atoms with Crippen LogP contribution in [0.15, 0.2) is 67.0 Å². The highest BCUT2D eigenvalue weighted by Gasteiger charge is 2.13. The molecule has 0 atom stereocenters. The maximum absolute atomic E-state index is 12.7. The zero-order valence-electron chi connectivity index (χ0n) is 15.1. The lowest BCUT2D eigenvalue weighted by Crippen LogP contribution is -2.26. The monoisotopic (exact) mass is 349 g/mol. The highest BCUT2D eigenvalue weighted by Crippen LogP contribution is 2.12. The highest BCUT2D eigenvalue weighted by molar-refractivity contribution is 5.94. The molecule has 5 nitrogen and oxygen atoms in total. The van der Waals surface area contributed by atoms with E-state index in [1.54, 1.807) is 19.1 Å². The van der Waals surface area contributed by atoms with E-state index in [0.29, 0.717) is 18.7 Å². The van der Waals surface area contributed by atoms with Gasteiger partial charge in [0, 0.05) is 38.0 Å². The van der Waals surface area contributed by atoms with Crippen LogP contribution in [0.4, 0.5) is 0 Å². The second-order valence-corrected chi connectivity index (χ2v) is 6.33. The lowest BCUT2D eigenvalue weighted by molar-refractivity contribution is 0.0784. The topological polar surface area (TPSA) is 47.4 Å². The van der Waals surface area contributed by atoms with Crippen LogP contribution >= 0.6 is 0 Å². The lowest BCUT2D eigenvalue weighted by atomic mass is 10.1. The Morgan fingerprint density at radius 2 is 1.85 bits per heavy atom. The predicted molar refractivity (Wildman–Crippen MR) is 101 cm³/mol. The molecule has 5 heteroatoms. The first-order valence-electron chi connectivity index (χ1n) is 8.54. The van der Waals surface area contributed by atoms with E-state index >= 15 is 0 Å². The fourth-order valence-corrected chi connectivity index (χ4v) is 2.87. The Morgan fingerprint density at radius 3 is 2.62 bits per heavy atom. The first-order chi connectivity index (χ1) is 12.7. The average molecular weight is 349 g/mol. The van der Waals surface area contributed by atoms with Crippen molar-refractivity contribution in [3.63, 3.8) is 0 Å². The van der Waals surface area contributed by atoms with Gasteiger partial charge in [-0.25, -0.2) is 0 Å². The summed E-state index contributed by atoms with van der Waals surface area (Å²) in [6.45, 7) is 1.73. The van der Waals surface area contributed by atoms with Gasteiger partial charge in [0.2, 0.25) is 0 Å².